The van der Waals surface area contributed by atoms with Crippen molar-refractivity contribution >= 4 is 41.5 Å². The van der Waals surface area contributed by atoms with Gasteiger partial charge in [0.15, 0.2) is 0 Å². The molecular weight excluding hydrogens is 604 g/mol. The third kappa shape index (κ3) is 24.6. The van der Waals surface area contributed by atoms with Gasteiger partial charge in [-0.2, -0.15) is 0 Å². The van der Waals surface area contributed by atoms with Gasteiger partial charge in [-0.05, 0) is 32.1 Å². The normalized spacial score (nSPS) is 12.8. The lowest BCUT2D eigenvalue weighted by Crippen LogP contribution is -2.44. The van der Waals surface area contributed by atoms with Gasteiger partial charge in [-0.1, -0.05) is 64.2 Å². The SMILES string of the molecule is NC(=O)CC[C@H](NC(=O)CC[C@H](NC(=O)CC[C@@H](CO)NC(=O)CCCCCCCCCCCCCCC(=O)O)C(=O)O)C(=O)O. The summed E-state index contributed by atoms with van der Waals surface area (Å²) in [7, 11) is 0. The van der Waals surface area contributed by atoms with Crippen LogP contribution in [0.3, 0.4) is 0 Å². The fourth-order valence-electron chi connectivity index (χ4n) is 4.75. The van der Waals surface area contributed by atoms with Gasteiger partial charge in [-0.25, -0.2) is 9.59 Å². The summed E-state index contributed by atoms with van der Waals surface area (Å²) < 4.78 is 0. The van der Waals surface area contributed by atoms with E-state index in [1.165, 1.54) is 6.42 Å². The van der Waals surface area contributed by atoms with Crippen molar-refractivity contribution in [2.75, 3.05) is 6.61 Å². The number of carbonyl (C=O) groups excluding carboxylic acids is 4. The summed E-state index contributed by atoms with van der Waals surface area (Å²) >= 11 is 0. The average Bonchev–Trinajstić information content (AvgIpc) is 2.98. The molecule has 0 spiro atoms. The first-order chi connectivity index (χ1) is 21.8. The zero-order chi connectivity index (χ0) is 34.7. The summed E-state index contributed by atoms with van der Waals surface area (Å²) in [6.07, 6.45) is 11.5. The lowest BCUT2D eigenvalue weighted by atomic mass is 10.0. The second kappa shape index (κ2) is 26.5. The van der Waals surface area contributed by atoms with Crippen LogP contribution in [0, 0.1) is 0 Å². The summed E-state index contributed by atoms with van der Waals surface area (Å²) in [5, 5.41) is 44.0. The maximum Gasteiger partial charge on any atom is 0.326 e. The number of nitrogens with one attached hydrogen (secondary N) is 3. The number of aliphatic carboxylic acids is 3. The van der Waals surface area contributed by atoms with Crippen molar-refractivity contribution in [3.63, 3.8) is 0 Å². The molecule has 0 aliphatic rings. The number of hydrogen-bond acceptors (Lipinski definition) is 8. The van der Waals surface area contributed by atoms with E-state index in [1.807, 2.05) is 0 Å². The number of unbranched alkanes of at least 4 members (excludes halogenated alkanes) is 11. The molecule has 0 unspecified atom stereocenters. The van der Waals surface area contributed by atoms with E-state index in [1.54, 1.807) is 0 Å². The van der Waals surface area contributed by atoms with Gasteiger partial charge in [0.1, 0.15) is 12.1 Å². The van der Waals surface area contributed by atoms with Gasteiger partial charge in [0.05, 0.1) is 12.6 Å². The Hall–Kier alpha value is -3.75. The molecule has 0 aliphatic heterocycles. The number of carboxylic acid groups (broad SMARTS) is 3. The van der Waals surface area contributed by atoms with E-state index < -0.39 is 66.8 Å². The molecule has 0 fully saturated rings. The Labute approximate surface area is 270 Å². The molecule has 0 radical (unpaired) electrons. The van der Waals surface area contributed by atoms with Gasteiger partial charge >= 0.3 is 17.9 Å². The highest BCUT2D eigenvalue weighted by molar-refractivity contribution is 5.86. The number of carboxylic acids is 3. The van der Waals surface area contributed by atoms with Gasteiger partial charge in [0.25, 0.3) is 0 Å². The molecule has 0 bridgehead atoms. The largest absolute Gasteiger partial charge is 0.481 e. The first-order valence-electron chi connectivity index (χ1n) is 16.3. The number of amides is 4. The van der Waals surface area contributed by atoms with Crippen LogP contribution in [-0.4, -0.2) is 86.7 Å². The number of nitrogens with two attached hydrogens (primary N) is 1. The van der Waals surface area contributed by atoms with Crippen molar-refractivity contribution in [2.45, 2.75) is 147 Å². The zero-order valence-corrected chi connectivity index (χ0v) is 26.8. The molecule has 0 rings (SSSR count). The lowest BCUT2D eigenvalue weighted by Gasteiger charge is -2.18. The molecule has 15 nitrogen and oxygen atoms in total. The van der Waals surface area contributed by atoms with Crippen LogP contribution in [0.1, 0.15) is 128 Å². The molecular formula is C31H54N4O11. The minimum Gasteiger partial charge on any atom is -0.481 e. The number of aliphatic hydroxyl groups is 1. The Morgan fingerprint density at radius 2 is 0.848 bits per heavy atom. The molecule has 4 amide bonds. The maximum absolute atomic E-state index is 12.3. The van der Waals surface area contributed by atoms with E-state index >= 15 is 0 Å². The molecule has 0 aromatic heterocycles. The van der Waals surface area contributed by atoms with Gasteiger partial charge in [-0.3, -0.25) is 24.0 Å². The smallest absolute Gasteiger partial charge is 0.326 e. The van der Waals surface area contributed by atoms with Gasteiger partial charge in [-0.15, -0.1) is 0 Å². The van der Waals surface area contributed by atoms with Crippen LogP contribution >= 0.6 is 0 Å². The molecule has 0 heterocycles. The molecule has 0 saturated carbocycles. The number of rotatable bonds is 30. The van der Waals surface area contributed by atoms with Crippen LogP contribution in [0.25, 0.3) is 0 Å². The molecule has 9 N–H and O–H groups in total. The first-order valence-corrected chi connectivity index (χ1v) is 16.3. The standard InChI is InChI=1S/C31H54N4O11/c32-25(37)18-16-23(30(43)44)34-28(40)20-17-24(31(45)46)35-27(39)19-15-22(21-36)33-26(38)13-11-9-7-5-3-1-2-4-6-8-10-12-14-29(41)42/h22-24,36H,1-21H2,(H2,32,37)(H,33,38)(H,34,40)(H,35,39)(H,41,42)(H,43,44)(H,45,46)/t22-,23-,24-/m0/s1. The monoisotopic (exact) mass is 658 g/mol. The highest BCUT2D eigenvalue weighted by Crippen LogP contribution is 2.13. The lowest BCUT2D eigenvalue weighted by molar-refractivity contribution is -0.143. The quantitative estimate of drug-likeness (QED) is 0.0517. The molecule has 0 saturated heterocycles. The van der Waals surface area contributed by atoms with Gasteiger partial charge in [0, 0.05) is 32.1 Å². The van der Waals surface area contributed by atoms with Crippen molar-refractivity contribution in [2.24, 2.45) is 5.73 Å². The molecule has 46 heavy (non-hydrogen) atoms. The van der Waals surface area contributed by atoms with E-state index in [2.05, 4.69) is 16.0 Å². The summed E-state index contributed by atoms with van der Waals surface area (Å²) in [6.45, 7) is -0.398. The topological polar surface area (TPSA) is 263 Å². The predicted molar refractivity (Wildman–Crippen MR) is 167 cm³/mol. The molecule has 0 aliphatic carbocycles. The van der Waals surface area contributed by atoms with Crippen molar-refractivity contribution in [1.29, 1.82) is 0 Å². The van der Waals surface area contributed by atoms with E-state index in [4.69, 9.17) is 15.9 Å². The van der Waals surface area contributed by atoms with E-state index in [0.29, 0.717) is 12.8 Å². The van der Waals surface area contributed by atoms with E-state index in [0.717, 1.165) is 64.2 Å². The van der Waals surface area contributed by atoms with Crippen LogP contribution in [-0.2, 0) is 33.6 Å². The average molecular weight is 659 g/mol. The first kappa shape index (κ1) is 42.2. The summed E-state index contributed by atoms with van der Waals surface area (Å²) in [5.74, 6) is -5.90. The highest BCUT2D eigenvalue weighted by atomic mass is 16.4. The third-order valence-electron chi connectivity index (χ3n) is 7.46. The van der Waals surface area contributed by atoms with Crippen LogP contribution in [0.4, 0.5) is 0 Å². The van der Waals surface area contributed by atoms with Crippen LogP contribution in [0.5, 0.6) is 0 Å². The third-order valence-corrected chi connectivity index (χ3v) is 7.46. The second-order valence-electron chi connectivity index (χ2n) is 11.6. The minimum atomic E-state index is -1.42. The Bertz CT molecular complexity index is 961. The predicted octanol–water partition coefficient (Wildman–Crippen LogP) is 1.97. The maximum atomic E-state index is 12.3. The second-order valence-corrected chi connectivity index (χ2v) is 11.6. The molecule has 3 atom stereocenters. The minimum absolute atomic E-state index is 0.0728. The number of primary amides is 1. The Morgan fingerprint density at radius 1 is 0.478 bits per heavy atom. The van der Waals surface area contributed by atoms with Crippen molar-refractivity contribution < 1.29 is 54.0 Å². The van der Waals surface area contributed by atoms with Gasteiger partial charge in [0.2, 0.25) is 23.6 Å². The zero-order valence-electron chi connectivity index (χ0n) is 26.8. The van der Waals surface area contributed by atoms with E-state index in [-0.39, 0.29) is 44.4 Å². The summed E-state index contributed by atoms with van der Waals surface area (Å²) in [4.78, 5) is 80.9. The van der Waals surface area contributed by atoms with Crippen molar-refractivity contribution in [3.8, 4) is 0 Å². The molecule has 264 valence electrons. The number of carbonyl (C=O) groups is 7. The summed E-state index contributed by atoms with van der Waals surface area (Å²) in [5.41, 5.74) is 5.00. The molecule has 15 heteroatoms. The van der Waals surface area contributed by atoms with Crippen molar-refractivity contribution in [1.82, 2.24) is 16.0 Å². The summed E-state index contributed by atoms with van der Waals surface area (Å²) in [6, 6.07) is -3.47. The highest BCUT2D eigenvalue weighted by Gasteiger charge is 2.24. The fourth-order valence-corrected chi connectivity index (χ4v) is 4.75. The molecule has 0 aromatic carbocycles. The Morgan fingerprint density at radius 3 is 1.24 bits per heavy atom. The number of aliphatic hydroxyl groups excluding tert-OH is 1. The van der Waals surface area contributed by atoms with Crippen LogP contribution < -0.4 is 21.7 Å². The van der Waals surface area contributed by atoms with Crippen LogP contribution in [0.2, 0.25) is 0 Å². The van der Waals surface area contributed by atoms with E-state index in [9.17, 15) is 43.8 Å². The van der Waals surface area contributed by atoms with Gasteiger partial charge < -0.3 is 42.1 Å². The fraction of sp³-hybridized carbons (Fsp3) is 0.774. The molecule has 0 aromatic rings. The Balaban J connectivity index is 4.16. The number of hydrogen-bond donors (Lipinski definition) is 8. The van der Waals surface area contributed by atoms with Crippen molar-refractivity contribution in [3.05, 3.63) is 0 Å². The van der Waals surface area contributed by atoms with Crippen LogP contribution in [0.15, 0.2) is 0 Å². The Kier molecular flexibility index (Phi) is 24.3.